The summed E-state index contributed by atoms with van der Waals surface area (Å²) in [6.45, 7) is -0.113. The Balaban J connectivity index is 1.52. The van der Waals surface area contributed by atoms with Gasteiger partial charge in [-0.05, 0) is 12.1 Å². The monoisotopic (exact) mass is 423 g/mol. The van der Waals surface area contributed by atoms with Crippen LogP contribution in [-0.4, -0.2) is 64.7 Å². The maximum Gasteiger partial charge on any atom is 0.207 e. The van der Waals surface area contributed by atoms with Crippen molar-refractivity contribution in [2.45, 2.75) is 31.1 Å². The van der Waals surface area contributed by atoms with Crippen molar-refractivity contribution in [3.05, 3.63) is 48.4 Å². The van der Waals surface area contributed by atoms with Gasteiger partial charge in [-0.3, -0.25) is 9.55 Å². The van der Waals surface area contributed by atoms with Gasteiger partial charge in [0, 0.05) is 5.39 Å². The number of benzene rings is 1. The summed E-state index contributed by atoms with van der Waals surface area (Å²) in [7, 11) is 0. The minimum absolute atomic E-state index is 0.169. The maximum absolute atomic E-state index is 10.5. The lowest BCUT2D eigenvalue weighted by atomic mass is 10.1. The Labute approximate surface area is 176 Å². The van der Waals surface area contributed by atoms with Crippen molar-refractivity contribution in [1.82, 2.24) is 24.5 Å². The Bertz CT molecular complexity index is 1250. The zero-order chi connectivity index (χ0) is 21.5. The van der Waals surface area contributed by atoms with Crippen molar-refractivity contribution in [2.24, 2.45) is 0 Å². The van der Waals surface area contributed by atoms with E-state index in [1.54, 1.807) is 0 Å². The summed E-state index contributed by atoms with van der Waals surface area (Å²) in [4.78, 5) is 17.3. The molecule has 0 aliphatic carbocycles. The lowest BCUT2D eigenvalue weighted by molar-refractivity contribution is -0.0501. The molecule has 1 fully saturated rings. The molecular weight excluding hydrogens is 402 g/mol. The van der Waals surface area contributed by atoms with Gasteiger partial charge in [0.25, 0.3) is 0 Å². The molecule has 1 aromatic carbocycles. The van der Waals surface area contributed by atoms with Crippen LogP contribution in [0.4, 0.5) is 11.8 Å². The number of hydrogen-bond donors (Lipinski definition) is 5. The van der Waals surface area contributed by atoms with Crippen LogP contribution in [0.25, 0.3) is 22.1 Å². The van der Waals surface area contributed by atoms with Crippen molar-refractivity contribution < 1.29 is 20.1 Å². The number of ether oxygens (including phenoxy) is 1. The molecule has 0 radical (unpaired) electrons. The van der Waals surface area contributed by atoms with E-state index < -0.39 is 31.1 Å². The van der Waals surface area contributed by atoms with Crippen LogP contribution in [0.1, 0.15) is 11.9 Å². The number of pyridine rings is 1. The van der Waals surface area contributed by atoms with Crippen LogP contribution < -0.4 is 11.1 Å². The van der Waals surface area contributed by atoms with Crippen molar-refractivity contribution >= 4 is 33.8 Å². The Morgan fingerprint density at radius 3 is 2.71 bits per heavy atom. The average molecular weight is 423 g/mol. The minimum Gasteiger partial charge on any atom is -0.394 e. The number of para-hydroxylation sites is 1. The molecule has 11 nitrogen and oxygen atoms in total. The second kappa shape index (κ2) is 7.71. The highest BCUT2D eigenvalue weighted by Gasteiger charge is 2.45. The molecule has 0 unspecified atom stereocenters. The van der Waals surface area contributed by atoms with Gasteiger partial charge in [-0.1, -0.05) is 24.3 Å². The molecule has 31 heavy (non-hydrogen) atoms. The van der Waals surface area contributed by atoms with E-state index in [9.17, 15) is 15.3 Å². The number of aliphatic hydroxyl groups excluding tert-OH is 3. The molecule has 5 rings (SSSR count). The smallest absolute Gasteiger partial charge is 0.207 e. The first-order valence-electron chi connectivity index (χ1n) is 9.76. The summed E-state index contributed by atoms with van der Waals surface area (Å²) in [5.74, 6) is 0.481. The molecule has 11 heteroatoms. The fourth-order valence-electron chi connectivity index (χ4n) is 3.76. The predicted octanol–water partition coefficient (Wildman–Crippen LogP) is 0.180. The van der Waals surface area contributed by atoms with Crippen LogP contribution in [0, 0.1) is 0 Å². The zero-order valence-corrected chi connectivity index (χ0v) is 16.3. The van der Waals surface area contributed by atoms with Gasteiger partial charge in [-0.2, -0.15) is 0 Å². The molecule has 0 saturated carbocycles. The Morgan fingerprint density at radius 2 is 1.90 bits per heavy atom. The molecule has 4 aromatic rings. The molecule has 1 saturated heterocycles. The van der Waals surface area contributed by atoms with Crippen LogP contribution >= 0.6 is 0 Å². The van der Waals surface area contributed by atoms with Gasteiger partial charge in [0.15, 0.2) is 23.2 Å². The van der Waals surface area contributed by atoms with E-state index in [2.05, 4.69) is 25.3 Å². The number of nitrogens with two attached hydrogens (primary N) is 1. The largest absolute Gasteiger partial charge is 0.394 e. The Hall–Kier alpha value is -3.38. The standard InChI is InChI=1S/C20H21N7O4/c21-17-14-18(24-9-23-17)27(19-16(30)15(29)13(8-28)31-19)20(26-14)22-7-11-6-5-10-3-1-2-4-12(10)25-11/h1-6,9,13,15-16,19,28-30H,7-8H2,(H,22,26)(H2,21,23,24)/t13-,15-,16-,19-/m1/s1. The summed E-state index contributed by atoms with van der Waals surface area (Å²) in [5, 5.41) is 34.4. The number of anilines is 2. The fraction of sp³-hybridized carbons (Fsp3) is 0.300. The van der Waals surface area contributed by atoms with Gasteiger partial charge in [0.1, 0.15) is 24.6 Å². The third-order valence-electron chi connectivity index (χ3n) is 5.36. The highest BCUT2D eigenvalue weighted by molar-refractivity contribution is 5.84. The third-order valence-corrected chi connectivity index (χ3v) is 5.36. The SMILES string of the molecule is Nc1ncnc2c1nc(NCc1ccc3ccccc3n1)n2[C@@H]1O[C@H](CO)[C@@H](O)[C@H]1O. The second-order valence-corrected chi connectivity index (χ2v) is 7.31. The van der Waals surface area contributed by atoms with Crippen LogP contribution in [0.5, 0.6) is 0 Å². The lowest BCUT2D eigenvalue weighted by Crippen LogP contribution is -2.33. The molecule has 0 spiro atoms. The topological polar surface area (TPSA) is 164 Å². The molecule has 0 bridgehead atoms. The summed E-state index contributed by atoms with van der Waals surface area (Å²) in [5.41, 5.74) is 8.26. The molecule has 1 aliphatic rings. The quantitative estimate of drug-likeness (QED) is 0.299. The highest BCUT2D eigenvalue weighted by atomic mass is 16.6. The van der Waals surface area contributed by atoms with Crippen molar-refractivity contribution in [1.29, 1.82) is 0 Å². The number of nitrogens with one attached hydrogen (secondary N) is 1. The predicted molar refractivity (Wildman–Crippen MR) is 112 cm³/mol. The molecule has 4 atom stereocenters. The average Bonchev–Trinajstić information content (AvgIpc) is 3.30. The molecule has 160 valence electrons. The van der Waals surface area contributed by atoms with Gasteiger partial charge in [0.2, 0.25) is 5.95 Å². The van der Waals surface area contributed by atoms with E-state index >= 15 is 0 Å². The van der Waals surface area contributed by atoms with Crippen LogP contribution in [0.2, 0.25) is 0 Å². The summed E-state index contributed by atoms with van der Waals surface area (Å²) < 4.78 is 7.21. The van der Waals surface area contributed by atoms with Gasteiger partial charge >= 0.3 is 0 Å². The van der Waals surface area contributed by atoms with E-state index in [4.69, 9.17) is 10.5 Å². The first-order chi connectivity index (χ1) is 15.1. The first kappa shape index (κ1) is 19.6. The first-order valence-corrected chi connectivity index (χ1v) is 9.76. The second-order valence-electron chi connectivity index (χ2n) is 7.31. The van der Waals surface area contributed by atoms with Gasteiger partial charge in [-0.25, -0.2) is 15.0 Å². The van der Waals surface area contributed by atoms with Crippen LogP contribution in [0.15, 0.2) is 42.7 Å². The number of aliphatic hydroxyl groups is 3. The van der Waals surface area contributed by atoms with Gasteiger partial charge < -0.3 is 31.1 Å². The van der Waals surface area contributed by atoms with E-state index in [1.807, 2.05) is 36.4 Å². The van der Waals surface area contributed by atoms with Gasteiger partial charge in [-0.15, -0.1) is 0 Å². The van der Waals surface area contributed by atoms with E-state index in [-0.39, 0.29) is 5.82 Å². The van der Waals surface area contributed by atoms with Crippen molar-refractivity contribution in [2.75, 3.05) is 17.7 Å². The summed E-state index contributed by atoms with van der Waals surface area (Å²) >= 11 is 0. The van der Waals surface area contributed by atoms with E-state index in [1.165, 1.54) is 10.9 Å². The fourth-order valence-corrected chi connectivity index (χ4v) is 3.76. The van der Waals surface area contributed by atoms with Crippen LogP contribution in [0.3, 0.4) is 0 Å². The van der Waals surface area contributed by atoms with E-state index in [0.29, 0.717) is 23.7 Å². The minimum atomic E-state index is -1.30. The number of fused-ring (bicyclic) bond motifs is 2. The molecule has 4 heterocycles. The molecule has 6 N–H and O–H groups in total. The normalized spacial score (nSPS) is 23.6. The number of imidazole rings is 1. The highest BCUT2D eigenvalue weighted by Crippen LogP contribution is 2.35. The summed E-state index contributed by atoms with van der Waals surface area (Å²) in [6.07, 6.45) is -3.25. The van der Waals surface area contributed by atoms with E-state index in [0.717, 1.165) is 16.6 Å². The zero-order valence-electron chi connectivity index (χ0n) is 16.3. The van der Waals surface area contributed by atoms with Crippen LogP contribution in [-0.2, 0) is 11.3 Å². The number of nitrogens with zero attached hydrogens (tertiary/aromatic N) is 5. The third kappa shape index (κ3) is 3.33. The molecule has 1 aliphatic heterocycles. The molecule has 0 amide bonds. The number of hydrogen-bond acceptors (Lipinski definition) is 10. The molecular formula is C20H21N7O4. The number of rotatable bonds is 5. The van der Waals surface area contributed by atoms with Crippen molar-refractivity contribution in [3.8, 4) is 0 Å². The number of nitrogen functional groups attached to an aromatic ring is 1. The van der Waals surface area contributed by atoms with Crippen molar-refractivity contribution in [3.63, 3.8) is 0 Å². The maximum atomic E-state index is 10.5. The van der Waals surface area contributed by atoms with Gasteiger partial charge in [0.05, 0.1) is 24.4 Å². The molecule has 3 aromatic heterocycles. The number of aromatic nitrogens is 5. The Morgan fingerprint density at radius 1 is 1.06 bits per heavy atom. The Kier molecular flexibility index (Phi) is 4.87. The summed E-state index contributed by atoms with van der Waals surface area (Å²) in [6, 6.07) is 11.7. The lowest BCUT2D eigenvalue weighted by Gasteiger charge is -2.19.